The average molecular weight is 345 g/mol. The second-order valence-electron chi connectivity index (χ2n) is 7.70. The molecule has 138 valence electrons. The van der Waals surface area contributed by atoms with E-state index in [1.165, 1.54) is 5.56 Å². The molecule has 2 unspecified atom stereocenters. The molecule has 2 atom stereocenters. The summed E-state index contributed by atoms with van der Waals surface area (Å²) in [5.74, 6) is 0.681. The van der Waals surface area contributed by atoms with Gasteiger partial charge in [-0.1, -0.05) is 17.7 Å². The van der Waals surface area contributed by atoms with Crippen molar-refractivity contribution < 1.29 is 9.53 Å². The van der Waals surface area contributed by atoms with E-state index in [4.69, 9.17) is 4.74 Å². The molecule has 2 aliphatic heterocycles. The fourth-order valence-electron chi connectivity index (χ4n) is 3.96. The molecule has 0 radical (unpaired) electrons. The van der Waals surface area contributed by atoms with Gasteiger partial charge in [0.2, 0.25) is 0 Å². The maximum Gasteiger partial charge on any atom is 0.321 e. The van der Waals surface area contributed by atoms with Gasteiger partial charge in [0, 0.05) is 38.4 Å². The van der Waals surface area contributed by atoms with Crippen LogP contribution >= 0.6 is 0 Å². The lowest BCUT2D eigenvalue weighted by molar-refractivity contribution is -0.0728. The van der Waals surface area contributed by atoms with Crippen molar-refractivity contribution in [2.75, 3.05) is 38.0 Å². The zero-order chi connectivity index (χ0) is 17.8. The molecule has 25 heavy (non-hydrogen) atoms. The van der Waals surface area contributed by atoms with Crippen LogP contribution in [0.15, 0.2) is 24.3 Å². The smallest absolute Gasteiger partial charge is 0.321 e. The fraction of sp³-hybridized carbons (Fsp3) is 0.650. The Kier molecular flexibility index (Phi) is 5.97. The van der Waals surface area contributed by atoms with Crippen LogP contribution in [0.1, 0.15) is 32.3 Å². The first kappa shape index (κ1) is 18.2. The number of carbonyl (C=O) groups is 1. The highest BCUT2D eigenvalue weighted by atomic mass is 16.5. The van der Waals surface area contributed by atoms with Crippen LogP contribution in [-0.4, -0.2) is 60.8 Å². The lowest BCUT2D eigenvalue weighted by Crippen LogP contribution is -2.49. The van der Waals surface area contributed by atoms with Crippen LogP contribution in [-0.2, 0) is 4.74 Å². The van der Waals surface area contributed by atoms with Crippen molar-refractivity contribution in [3.05, 3.63) is 29.8 Å². The number of piperidine rings is 1. The molecule has 2 aliphatic rings. The van der Waals surface area contributed by atoms with Gasteiger partial charge in [-0.3, -0.25) is 4.90 Å². The van der Waals surface area contributed by atoms with Gasteiger partial charge in [-0.05, 0) is 51.7 Å². The highest BCUT2D eigenvalue weighted by Gasteiger charge is 2.27. The van der Waals surface area contributed by atoms with Crippen LogP contribution in [0.4, 0.5) is 10.5 Å². The molecular weight excluding hydrogens is 314 g/mol. The molecule has 0 bridgehead atoms. The third-order valence-electron chi connectivity index (χ3n) is 5.22. The van der Waals surface area contributed by atoms with Gasteiger partial charge in [0.1, 0.15) is 0 Å². The Labute approximate surface area is 151 Å². The van der Waals surface area contributed by atoms with Crippen molar-refractivity contribution in [3.8, 4) is 0 Å². The average Bonchev–Trinajstić information content (AvgIpc) is 2.56. The largest absolute Gasteiger partial charge is 0.373 e. The number of amides is 2. The summed E-state index contributed by atoms with van der Waals surface area (Å²) in [6.45, 7) is 11.2. The summed E-state index contributed by atoms with van der Waals surface area (Å²) in [7, 11) is 0. The van der Waals surface area contributed by atoms with E-state index < -0.39 is 0 Å². The number of likely N-dealkylation sites (tertiary alicyclic amines) is 1. The number of aryl methyl sites for hydroxylation is 1. The molecule has 1 N–H and O–H groups in total. The third kappa shape index (κ3) is 5.19. The van der Waals surface area contributed by atoms with Gasteiger partial charge in [-0.2, -0.15) is 0 Å². The molecule has 2 fully saturated rings. The van der Waals surface area contributed by atoms with Gasteiger partial charge in [0.05, 0.1) is 12.2 Å². The molecule has 2 amide bonds. The summed E-state index contributed by atoms with van der Waals surface area (Å²) in [6.07, 6.45) is 2.82. The first-order valence-corrected chi connectivity index (χ1v) is 9.50. The van der Waals surface area contributed by atoms with E-state index in [2.05, 4.69) is 24.1 Å². The number of nitrogens with zero attached hydrogens (tertiary/aromatic N) is 2. The fourth-order valence-corrected chi connectivity index (χ4v) is 3.96. The highest BCUT2D eigenvalue weighted by molar-refractivity contribution is 5.89. The number of ether oxygens (including phenoxy) is 1. The minimum Gasteiger partial charge on any atom is -0.373 e. The molecule has 5 heteroatoms. The molecule has 1 aromatic carbocycles. The standard InChI is InChI=1S/C20H31N3O2/c1-15-4-6-19(7-5-15)21-20(24)23-10-8-18(9-11-23)14-22-12-16(2)25-17(3)13-22/h4-7,16-18H,8-14H2,1-3H3,(H,21,24). The Morgan fingerprint density at radius 2 is 1.72 bits per heavy atom. The monoisotopic (exact) mass is 345 g/mol. The van der Waals surface area contributed by atoms with Crippen molar-refractivity contribution in [1.82, 2.24) is 9.80 Å². The van der Waals surface area contributed by atoms with Crippen molar-refractivity contribution >= 4 is 11.7 Å². The van der Waals surface area contributed by atoms with Gasteiger partial charge in [-0.15, -0.1) is 0 Å². The maximum absolute atomic E-state index is 12.4. The summed E-state index contributed by atoms with van der Waals surface area (Å²) in [5.41, 5.74) is 2.07. The van der Waals surface area contributed by atoms with Crippen molar-refractivity contribution in [2.24, 2.45) is 5.92 Å². The SMILES string of the molecule is Cc1ccc(NC(=O)N2CCC(CN3CC(C)OC(C)C3)CC2)cc1. The summed E-state index contributed by atoms with van der Waals surface area (Å²) in [4.78, 5) is 16.9. The quantitative estimate of drug-likeness (QED) is 0.914. The lowest BCUT2D eigenvalue weighted by Gasteiger charge is -2.39. The number of urea groups is 1. The number of benzene rings is 1. The molecule has 5 nitrogen and oxygen atoms in total. The Morgan fingerprint density at radius 3 is 2.32 bits per heavy atom. The first-order chi connectivity index (χ1) is 12.0. The minimum absolute atomic E-state index is 0.0240. The van der Waals surface area contributed by atoms with E-state index in [1.807, 2.05) is 36.1 Å². The number of rotatable bonds is 3. The molecule has 2 heterocycles. The number of nitrogens with one attached hydrogen (secondary N) is 1. The summed E-state index contributed by atoms with van der Waals surface area (Å²) >= 11 is 0. The van der Waals surface area contributed by atoms with Crippen LogP contribution in [0.25, 0.3) is 0 Å². The number of carbonyl (C=O) groups excluding carboxylic acids is 1. The van der Waals surface area contributed by atoms with E-state index in [9.17, 15) is 4.79 Å². The van der Waals surface area contributed by atoms with E-state index in [0.717, 1.165) is 51.3 Å². The second-order valence-corrected chi connectivity index (χ2v) is 7.70. The van der Waals surface area contributed by atoms with Crippen LogP contribution in [0.3, 0.4) is 0 Å². The van der Waals surface area contributed by atoms with Gasteiger partial charge < -0.3 is 15.0 Å². The van der Waals surface area contributed by atoms with Gasteiger partial charge in [0.15, 0.2) is 0 Å². The van der Waals surface area contributed by atoms with Gasteiger partial charge in [-0.25, -0.2) is 4.79 Å². The van der Waals surface area contributed by atoms with Gasteiger partial charge in [0.25, 0.3) is 0 Å². The molecule has 2 saturated heterocycles. The molecule has 0 aliphatic carbocycles. The number of anilines is 1. The minimum atomic E-state index is 0.0240. The van der Waals surface area contributed by atoms with E-state index in [-0.39, 0.29) is 6.03 Å². The first-order valence-electron chi connectivity index (χ1n) is 9.50. The summed E-state index contributed by atoms with van der Waals surface area (Å²) in [6, 6.07) is 7.98. The highest BCUT2D eigenvalue weighted by Crippen LogP contribution is 2.21. The lowest BCUT2D eigenvalue weighted by atomic mass is 9.96. The predicted molar refractivity (Wildman–Crippen MR) is 101 cm³/mol. The molecule has 0 saturated carbocycles. The second kappa shape index (κ2) is 8.19. The molecule has 1 aromatic rings. The van der Waals surface area contributed by atoms with E-state index in [1.54, 1.807) is 0 Å². The molecule has 0 aromatic heterocycles. The van der Waals surface area contributed by atoms with Crippen molar-refractivity contribution in [1.29, 1.82) is 0 Å². The molecular formula is C20H31N3O2. The van der Waals surface area contributed by atoms with Crippen LogP contribution in [0.5, 0.6) is 0 Å². The topological polar surface area (TPSA) is 44.8 Å². The van der Waals surface area contributed by atoms with Crippen molar-refractivity contribution in [2.45, 2.75) is 45.8 Å². The summed E-state index contributed by atoms with van der Waals surface area (Å²) < 4.78 is 5.82. The zero-order valence-corrected chi connectivity index (χ0v) is 15.7. The normalized spacial score (nSPS) is 25.8. The Balaban J connectivity index is 1.43. The Hall–Kier alpha value is -1.59. The van der Waals surface area contributed by atoms with Gasteiger partial charge >= 0.3 is 6.03 Å². The number of hydrogen-bond acceptors (Lipinski definition) is 3. The molecule has 3 rings (SSSR count). The Morgan fingerprint density at radius 1 is 1.12 bits per heavy atom. The van der Waals surface area contributed by atoms with Crippen LogP contribution in [0.2, 0.25) is 0 Å². The number of hydrogen-bond donors (Lipinski definition) is 1. The van der Waals surface area contributed by atoms with Crippen LogP contribution in [0, 0.1) is 12.8 Å². The third-order valence-corrected chi connectivity index (χ3v) is 5.22. The number of morpholine rings is 1. The Bertz CT molecular complexity index is 557. The van der Waals surface area contributed by atoms with Crippen molar-refractivity contribution in [3.63, 3.8) is 0 Å². The van der Waals surface area contributed by atoms with E-state index in [0.29, 0.717) is 18.1 Å². The summed E-state index contributed by atoms with van der Waals surface area (Å²) in [5, 5.41) is 3.01. The zero-order valence-electron chi connectivity index (χ0n) is 15.7. The van der Waals surface area contributed by atoms with Crippen LogP contribution < -0.4 is 5.32 Å². The maximum atomic E-state index is 12.4. The molecule has 0 spiro atoms. The predicted octanol–water partition coefficient (Wildman–Crippen LogP) is 3.35. The van der Waals surface area contributed by atoms with E-state index >= 15 is 0 Å².